The monoisotopic (exact) mass is 267 g/mol. The summed E-state index contributed by atoms with van der Waals surface area (Å²) in [7, 11) is 2.05. The van der Waals surface area contributed by atoms with Gasteiger partial charge in [0, 0.05) is 17.6 Å². The summed E-state index contributed by atoms with van der Waals surface area (Å²) in [6, 6.07) is 6.45. The first kappa shape index (κ1) is 16.1. The third-order valence-electron chi connectivity index (χ3n) is 4.22. The van der Waals surface area contributed by atoms with Crippen LogP contribution in [0.3, 0.4) is 0 Å². The van der Waals surface area contributed by atoms with Crippen molar-refractivity contribution in [1.29, 1.82) is 0 Å². The molecule has 1 aromatic rings. The smallest absolute Gasteiger partial charge is 0.129 e. The molecule has 0 aromatic heterocycles. The molecule has 0 aliphatic carbocycles. The van der Waals surface area contributed by atoms with E-state index in [-0.39, 0.29) is 17.3 Å². The Balaban J connectivity index is 2.74. The van der Waals surface area contributed by atoms with Crippen LogP contribution in [0, 0.1) is 11.7 Å². The quantitative estimate of drug-likeness (QED) is 0.851. The van der Waals surface area contributed by atoms with Gasteiger partial charge in [0.2, 0.25) is 0 Å². The molecule has 108 valence electrons. The third kappa shape index (κ3) is 4.02. The molecule has 0 amide bonds. The Hall–Kier alpha value is -0.930. The second-order valence-corrected chi connectivity index (χ2v) is 5.99. The van der Waals surface area contributed by atoms with Gasteiger partial charge in [-0.05, 0) is 39.3 Å². The maximum absolute atomic E-state index is 13.7. The molecule has 2 nitrogen and oxygen atoms in total. The molecule has 0 radical (unpaired) electrons. The van der Waals surface area contributed by atoms with Gasteiger partial charge >= 0.3 is 0 Å². The predicted molar refractivity (Wildman–Crippen MR) is 77.5 cm³/mol. The van der Waals surface area contributed by atoms with Crippen LogP contribution in [-0.2, 0) is 0 Å². The molecule has 0 aliphatic heterocycles. The predicted octanol–water partition coefficient (Wildman–Crippen LogP) is 3.62. The average molecular weight is 267 g/mol. The lowest BCUT2D eigenvalue weighted by Gasteiger charge is -2.37. The fraction of sp³-hybridized carbons (Fsp3) is 0.625. The number of hydrogen-bond donors (Lipinski definition) is 1. The Morgan fingerprint density at radius 3 is 2.42 bits per heavy atom. The van der Waals surface area contributed by atoms with Crippen LogP contribution in [0.4, 0.5) is 4.39 Å². The van der Waals surface area contributed by atoms with Crippen molar-refractivity contribution in [3.63, 3.8) is 0 Å². The Morgan fingerprint density at radius 1 is 1.32 bits per heavy atom. The maximum Gasteiger partial charge on any atom is 0.129 e. The molecule has 0 bridgehead atoms. The Labute approximate surface area is 116 Å². The van der Waals surface area contributed by atoms with E-state index >= 15 is 0 Å². The van der Waals surface area contributed by atoms with Gasteiger partial charge in [-0.25, -0.2) is 4.39 Å². The highest BCUT2D eigenvalue weighted by Crippen LogP contribution is 2.27. The van der Waals surface area contributed by atoms with Crippen molar-refractivity contribution in [3.05, 3.63) is 35.6 Å². The van der Waals surface area contributed by atoms with E-state index in [0.717, 1.165) is 13.0 Å². The van der Waals surface area contributed by atoms with Crippen LogP contribution in [0.25, 0.3) is 0 Å². The lowest BCUT2D eigenvalue weighted by atomic mass is 9.93. The summed E-state index contributed by atoms with van der Waals surface area (Å²) in [5.41, 5.74) is 0.473. The molecule has 2 atom stereocenters. The van der Waals surface area contributed by atoms with Crippen molar-refractivity contribution >= 4 is 0 Å². The summed E-state index contributed by atoms with van der Waals surface area (Å²) in [6.07, 6.45) is 0.266. The summed E-state index contributed by atoms with van der Waals surface area (Å²) < 4.78 is 13.7. The van der Waals surface area contributed by atoms with Gasteiger partial charge in [-0.1, -0.05) is 32.0 Å². The number of benzene rings is 1. The zero-order valence-corrected chi connectivity index (χ0v) is 12.7. The second kappa shape index (κ2) is 6.49. The highest BCUT2D eigenvalue weighted by Gasteiger charge is 2.26. The van der Waals surface area contributed by atoms with E-state index in [4.69, 9.17) is 0 Å². The number of aliphatic hydroxyl groups is 1. The van der Waals surface area contributed by atoms with E-state index in [0.29, 0.717) is 5.56 Å². The highest BCUT2D eigenvalue weighted by molar-refractivity contribution is 5.20. The molecular formula is C16H26FNO. The second-order valence-electron chi connectivity index (χ2n) is 5.99. The minimum absolute atomic E-state index is 0.0206. The van der Waals surface area contributed by atoms with Crippen molar-refractivity contribution in [2.24, 2.45) is 5.92 Å². The summed E-state index contributed by atoms with van der Waals surface area (Å²) in [5, 5.41) is 10.3. The molecule has 0 aliphatic rings. The number of nitrogens with zero attached hydrogens (tertiary/aromatic N) is 1. The van der Waals surface area contributed by atoms with Gasteiger partial charge < -0.3 is 10.0 Å². The van der Waals surface area contributed by atoms with Gasteiger partial charge in [-0.2, -0.15) is 0 Å². The molecule has 0 fully saturated rings. The average Bonchev–Trinajstić information content (AvgIpc) is 2.38. The van der Waals surface area contributed by atoms with Crippen molar-refractivity contribution in [1.82, 2.24) is 4.90 Å². The van der Waals surface area contributed by atoms with Gasteiger partial charge in [0.15, 0.2) is 0 Å². The number of hydrogen-bond acceptors (Lipinski definition) is 2. The minimum atomic E-state index is -0.767. The van der Waals surface area contributed by atoms with Crippen LogP contribution < -0.4 is 0 Å². The fourth-order valence-corrected chi connectivity index (χ4v) is 2.07. The van der Waals surface area contributed by atoms with Crippen LogP contribution in [0.15, 0.2) is 24.3 Å². The third-order valence-corrected chi connectivity index (χ3v) is 4.22. The molecule has 3 heteroatoms. The SMILES string of the molecule is CCC(C)(C)N(C)CC(C)C(O)c1ccccc1F. The topological polar surface area (TPSA) is 23.5 Å². The van der Waals surface area contributed by atoms with Crippen molar-refractivity contribution in [2.45, 2.75) is 45.8 Å². The maximum atomic E-state index is 13.7. The first-order chi connectivity index (χ1) is 8.79. The van der Waals surface area contributed by atoms with Gasteiger partial charge in [0.05, 0.1) is 6.10 Å². The summed E-state index contributed by atoms with van der Waals surface area (Å²) in [5.74, 6) is -0.355. The molecule has 1 rings (SSSR count). The Kier molecular flexibility index (Phi) is 5.50. The van der Waals surface area contributed by atoms with E-state index in [1.54, 1.807) is 18.2 Å². The zero-order chi connectivity index (χ0) is 14.6. The first-order valence-corrected chi connectivity index (χ1v) is 6.93. The van der Waals surface area contributed by atoms with Crippen LogP contribution in [-0.4, -0.2) is 29.1 Å². The first-order valence-electron chi connectivity index (χ1n) is 6.93. The van der Waals surface area contributed by atoms with Crippen molar-refractivity contribution in [2.75, 3.05) is 13.6 Å². The van der Waals surface area contributed by atoms with E-state index in [1.165, 1.54) is 6.07 Å². The van der Waals surface area contributed by atoms with Gasteiger partial charge in [-0.15, -0.1) is 0 Å². The van der Waals surface area contributed by atoms with Crippen LogP contribution in [0.1, 0.15) is 45.8 Å². The summed E-state index contributed by atoms with van der Waals surface area (Å²) in [4.78, 5) is 2.22. The number of rotatable bonds is 6. The normalized spacial score (nSPS) is 15.6. The molecule has 2 unspecified atom stereocenters. The van der Waals surface area contributed by atoms with Crippen molar-refractivity contribution < 1.29 is 9.50 Å². The molecule has 1 N–H and O–H groups in total. The molecule has 0 heterocycles. The molecule has 0 saturated heterocycles. The molecular weight excluding hydrogens is 241 g/mol. The lowest BCUT2D eigenvalue weighted by molar-refractivity contribution is 0.0592. The lowest BCUT2D eigenvalue weighted by Crippen LogP contribution is -2.43. The number of halogens is 1. The van der Waals surface area contributed by atoms with Gasteiger partial charge in [-0.3, -0.25) is 0 Å². The standard InChI is InChI=1S/C16H26FNO/c1-6-16(3,4)18(5)11-12(2)15(19)13-9-7-8-10-14(13)17/h7-10,12,15,19H,6,11H2,1-5H3. The molecule has 0 saturated carbocycles. The minimum Gasteiger partial charge on any atom is -0.388 e. The van der Waals surface area contributed by atoms with Crippen LogP contribution in [0.2, 0.25) is 0 Å². The summed E-state index contributed by atoms with van der Waals surface area (Å²) in [6.45, 7) is 9.19. The number of aliphatic hydroxyl groups excluding tert-OH is 1. The van der Waals surface area contributed by atoms with Crippen molar-refractivity contribution in [3.8, 4) is 0 Å². The van der Waals surface area contributed by atoms with Gasteiger partial charge in [0.1, 0.15) is 5.82 Å². The van der Waals surface area contributed by atoms with E-state index in [1.807, 2.05) is 14.0 Å². The van der Waals surface area contributed by atoms with E-state index in [9.17, 15) is 9.50 Å². The van der Waals surface area contributed by atoms with Gasteiger partial charge in [0.25, 0.3) is 0 Å². The largest absolute Gasteiger partial charge is 0.388 e. The van der Waals surface area contributed by atoms with Crippen LogP contribution >= 0.6 is 0 Å². The molecule has 0 spiro atoms. The Morgan fingerprint density at radius 2 is 1.89 bits per heavy atom. The highest BCUT2D eigenvalue weighted by atomic mass is 19.1. The zero-order valence-electron chi connectivity index (χ0n) is 12.7. The van der Waals surface area contributed by atoms with Crippen LogP contribution in [0.5, 0.6) is 0 Å². The van der Waals surface area contributed by atoms with E-state index in [2.05, 4.69) is 25.7 Å². The molecule has 1 aromatic carbocycles. The van der Waals surface area contributed by atoms with E-state index < -0.39 is 6.10 Å². The molecule has 19 heavy (non-hydrogen) atoms. The fourth-order valence-electron chi connectivity index (χ4n) is 2.07. The summed E-state index contributed by atoms with van der Waals surface area (Å²) >= 11 is 0. The Bertz CT molecular complexity index is 405.